The third-order valence-electron chi connectivity index (χ3n) is 3.60. The van der Waals surface area contributed by atoms with Crippen molar-refractivity contribution in [2.24, 2.45) is 0 Å². The number of hydrogen-bond donors (Lipinski definition) is 2. The van der Waals surface area contributed by atoms with Crippen LogP contribution in [0.3, 0.4) is 0 Å². The number of rotatable bonds is 6. The van der Waals surface area contributed by atoms with Crippen LogP contribution >= 0.6 is 0 Å². The molecule has 22 heavy (non-hydrogen) atoms. The first-order valence-corrected chi connectivity index (χ1v) is 7.61. The van der Waals surface area contributed by atoms with Gasteiger partial charge in [-0.1, -0.05) is 30.3 Å². The summed E-state index contributed by atoms with van der Waals surface area (Å²) in [7, 11) is 0. The Balaban J connectivity index is 1.80. The number of carbonyl (C=O) groups excluding carboxylic acids is 2. The predicted molar refractivity (Wildman–Crippen MR) is 83.2 cm³/mol. The summed E-state index contributed by atoms with van der Waals surface area (Å²) in [6, 6.07) is 9.44. The first kappa shape index (κ1) is 16.5. The number of ether oxygens (including phenoxy) is 1. The van der Waals surface area contributed by atoms with E-state index in [9.17, 15) is 9.59 Å². The Labute approximate surface area is 130 Å². The molecular formula is C16H23N3O3. The molecule has 0 spiro atoms. The van der Waals surface area contributed by atoms with Gasteiger partial charge in [0.25, 0.3) is 0 Å². The summed E-state index contributed by atoms with van der Waals surface area (Å²) in [5.74, 6) is -0.278. The molecule has 1 aliphatic heterocycles. The van der Waals surface area contributed by atoms with Crippen LogP contribution in [0.5, 0.6) is 0 Å². The van der Waals surface area contributed by atoms with Gasteiger partial charge in [0.1, 0.15) is 6.04 Å². The van der Waals surface area contributed by atoms with Crippen molar-refractivity contribution >= 4 is 11.8 Å². The lowest BCUT2D eigenvalue weighted by Crippen LogP contribution is -2.52. The second kappa shape index (κ2) is 8.51. The van der Waals surface area contributed by atoms with E-state index in [0.717, 1.165) is 5.56 Å². The fourth-order valence-corrected chi connectivity index (χ4v) is 2.31. The zero-order valence-electron chi connectivity index (χ0n) is 12.9. The molecule has 1 heterocycles. The number of likely N-dealkylation sites (N-methyl/N-ethyl adjacent to an activating group) is 1. The quantitative estimate of drug-likeness (QED) is 0.784. The molecule has 2 rings (SSSR count). The van der Waals surface area contributed by atoms with Crippen molar-refractivity contribution in [3.05, 3.63) is 35.9 Å². The minimum Gasteiger partial charge on any atom is -0.378 e. The fraction of sp³-hybridized carbons (Fsp3) is 0.500. The second-order valence-electron chi connectivity index (χ2n) is 5.19. The number of morpholine rings is 1. The minimum absolute atomic E-state index is 0.0116. The molecule has 1 aliphatic rings. The summed E-state index contributed by atoms with van der Waals surface area (Å²) < 4.78 is 5.24. The van der Waals surface area contributed by atoms with Gasteiger partial charge in [-0.3, -0.25) is 9.59 Å². The Morgan fingerprint density at radius 2 is 2.14 bits per heavy atom. The van der Waals surface area contributed by atoms with E-state index in [1.165, 1.54) is 0 Å². The van der Waals surface area contributed by atoms with Gasteiger partial charge in [0.2, 0.25) is 11.8 Å². The zero-order valence-corrected chi connectivity index (χ0v) is 12.9. The van der Waals surface area contributed by atoms with Crippen molar-refractivity contribution in [3.8, 4) is 0 Å². The van der Waals surface area contributed by atoms with Gasteiger partial charge in [0, 0.05) is 19.6 Å². The van der Waals surface area contributed by atoms with Crippen LogP contribution in [0.25, 0.3) is 0 Å². The molecule has 1 aromatic rings. The van der Waals surface area contributed by atoms with Crippen LogP contribution in [0.1, 0.15) is 12.5 Å². The smallest absolute Gasteiger partial charge is 0.242 e. The van der Waals surface area contributed by atoms with E-state index in [-0.39, 0.29) is 24.4 Å². The largest absolute Gasteiger partial charge is 0.378 e. The van der Waals surface area contributed by atoms with Gasteiger partial charge in [-0.15, -0.1) is 0 Å². The highest BCUT2D eigenvalue weighted by Gasteiger charge is 2.22. The average Bonchev–Trinajstić information content (AvgIpc) is 2.59. The van der Waals surface area contributed by atoms with Crippen molar-refractivity contribution in [3.63, 3.8) is 0 Å². The first-order chi connectivity index (χ1) is 10.7. The van der Waals surface area contributed by atoms with Gasteiger partial charge < -0.3 is 20.3 Å². The van der Waals surface area contributed by atoms with Crippen LogP contribution in [0, 0.1) is 0 Å². The van der Waals surface area contributed by atoms with E-state index >= 15 is 0 Å². The Morgan fingerprint density at radius 1 is 1.36 bits per heavy atom. The maximum atomic E-state index is 12.2. The van der Waals surface area contributed by atoms with E-state index in [2.05, 4.69) is 10.6 Å². The molecule has 1 unspecified atom stereocenters. The van der Waals surface area contributed by atoms with Crippen LogP contribution in [0.4, 0.5) is 0 Å². The van der Waals surface area contributed by atoms with Gasteiger partial charge in [-0.05, 0) is 12.5 Å². The van der Waals surface area contributed by atoms with E-state index in [4.69, 9.17) is 4.74 Å². The lowest BCUT2D eigenvalue weighted by atomic mass is 10.2. The first-order valence-electron chi connectivity index (χ1n) is 7.61. The molecule has 0 aromatic heterocycles. The normalized spacial score (nSPS) is 17.8. The number of nitrogens with zero attached hydrogens (tertiary/aromatic N) is 1. The highest BCUT2D eigenvalue weighted by molar-refractivity contribution is 5.87. The maximum Gasteiger partial charge on any atom is 0.242 e. The van der Waals surface area contributed by atoms with Crippen LogP contribution in [-0.2, 0) is 20.9 Å². The number of carbonyl (C=O) groups is 2. The Hall–Kier alpha value is -1.92. The molecule has 2 amide bonds. The van der Waals surface area contributed by atoms with E-state index in [0.29, 0.717) is 32.8 Å². The molecule has 0 saturated carbocycles. The molecule has 120 valence electrons. The minimum atomic E-state index is -0.370. The molecule has 1 atom stereocenters. The topological polar surface area (TPSA) is 70.7 Å². The van der Waals surface area contributed by atoms with Crippen LogP contribution in [0.15, 0.2) is 30.3 Å². The molecule has 6 heteroatoms. The third-order valence-corrected chi connectivity index (χ3v) is 3.60. The molecule has 1 fully saturated rings. The SMILES string of the molecule is CCN(Cc1ccccc1)C(=O)CNC(=O)C1COCCN1. The lowest BCUT2D eigenvalue weighted by Gasteiger charge is -2.24. The highest BCUT2D eigenvalue weighted by Crippen LogP contribution is 2.04. The van der Waals surface area contributed by atoms with Gasteiger partial charge in [0.05, 0.1) is 19.8 Å². The monoisotopic (exact) mass is 305 g/mol. The van der Waals surface area contributed by atoms with Crippen molar-refractivity contribution in [1.29, 1.82) is 0 Å². The van der Waals surface area contributed by atoms with Gasteiger partial charge >= 0.3 is 0 Å². The van der Waals surface area contributed by atoms with Crippen LogP contribution in [-0.4, -0.2) is 55.6 Å². The summed E-state index contributed by atoms with van der Waals surface area (Å²) in [4.78, 5) is 25.9. The summed E-state index contributed by atoms with van der Waals surface area (Å²) in [5.41, 5.74) is 1.08. The van der Waals surface area contributed by atoms with Crippen LogP contribution in [0.2, 0.25) is 0 Å². The summed E-state index contributed by atoms with van der Waals surface area (Å²) in [6.07, 6.45) is 0. The van der Waals surface area contributed by atoms with Crippen molar-refractivity contribution in [2.45, 2.75) is 19.5 Å². The summed E-state index contributed by atoms with van der Waals surface area (Å²) in [5, 5.41) is 5.74. The summed E-state index contributed by atoms with van der Waals surface area (Å²) >= 11 is 0. The molecule has 0 bridgehead atoms. The summed E-state index contributed by atoms with van der Waals surface area (Å²) in [6.45, 7) is 4.72. The van der Waals surface area contributed by atoms with Gasteiger partial charge in [0.15, 0.2) is 0 Å². The fourth-order valence-electron chi connectivity index (χ4n) is 2.31. The van der Waals surface area contributed by atoms with E-state index < -0.39 is 0 Å². The van der Waals surface area contributed by atoms with E-state index in [1.54, 1.807) is 4.90 Å². The van der Waals surface area contributed by atoms with Crippen molar-refractivity contribution < 1.29 is 14.3 Å². The number of amides is 2. The van der Waals surface area contributed by atoms with Crippen molar-refractivity contribution in [1.82, 2.24) is 15.5 Å². The average molecular weight is 305 g/mol. The molecular weight excluding hydrogens is 282 g/mol. The maximum absolute atomic E-state index is 12.2. The second-order valence-corrected chi connectivity index (χ2v) is 5.19. The predicted octanol–water partition coefficient (Wildman–Crippen LogP) is 0.140. The van der Waals surface area contributed by atoms with Crippen LogP contribution < -0.4 is 10.6 Å². The van der Waals surface area contributed by atoms with E-state index in [1.807, 2.05) is 37.3 Å². The molecule has 1 saturated heterocycles. The van der Waals surface area contributed by atoms with Gasteiger partial charge in [-0.2, -0.15) is 0 Å². The molecule has 6 nitrogen and oxygen atoms in total. The standard InChI is InChI=1S/C16H23N3O3/c1-2-19(11-13-6-4-3-5-7-13)15(20)10-18-16(21)14-12-22-9-8-17-14/h3-7,14,17H,2,8-12H2,1H3,(H,18,21). The zero-order chi connectivity index (χ0) is 15.8. The Morgan fingerprint density at radius 3 is 2.77 bits per heavy atom. The molecule has 1 aromatic carbocycles. The molecule has 0 aliphatic carbocycles. The number of nitrogens with one attached hydrogen (secondary N) is 2. The van der Waals surface area contributed by atoms with Crippen molar-refractivity contribution in [2.75, 3.05) is 32.8 Å². The molecule has 0 radical (unpaired) electrons. The number of hydrogen-bond acceptors (Lipinski definition) is 4. The lowest BCUT2D eigenvalue weighted by molar-refractivity contribution is -0.134. The highest BCUT2D eigenvalue weighted by atomic mass is 16.5. The third kappa shape index (κ3) is 4.82. The Bertz CT molecular complexity index is 487. The number of benzene rings is 1. The Kier molecular flexibility index (Phi) is 6.36. The molecule has 2 N–H and O–H groups in total. The van der Waals surface area contributed by atoms with Gasteiger partial charge in [-0.25, -0.2) is 0 Å².